The molecule has 1 rings (SSSR count). The summed E-state index contributed by atoms with van der Waals surface area (Å²) in [5.41, 5.74) is 1.22. The van der Waals surface area contributed by atoms with Crippen LogP contribution in [0.2, 0.25) is 5.02 Å². The average molecular weight is 273 g/mol. The van der Waals surface area contributed by atoms with Crippen LogP contribution in [0.1, 0.15) is 5.56 Å². The van der Waals surface area contributed by atoms with Crippen LogP contribution in [0.5, 0.6) is 0 Å². The van der Waals surface area contributed by atoms with Gasteiger partial charge in [-0.3, -0.25) is 0 Å². The van der Waals surface area contributed by atoms with Crippen LogP contribution in [0.15, 0.2) is 18.2 Å². The minimum Gasteiger partial charge on any atom is -0.479 e. The van der Waals surface area contributed by atoms with E-state index in [0.717, 1.165) is 5.56 Å². The van der Waals surface area contributed by atoms with Crippen LogP contribution < -0.4 is 10.6 Å². The second kappa shape index (κ2) is 6.23. The Bertz CT molecular complexity index is 444. The van der Waals surface area contributed by atoms with Crippen molar-refractivity contribution in [2.75, 3.05) is 11.9 Å². The van der Waals surface area contributed by atoms with Gasteiger partial charge >= 0.3 is 12.0 Å². The van der Waals surface area contributed by atoms with Crippen molar-refractivity contribution in [1.29, 1.82) is 0 Å². The molecular weight excluding hydrogens is 260 g/mol. The molecule has 1 aromatic carbocycles. The Morgan fingerprint density at radius 1 is 1.44 bits per heavy atom. The van der Waals surface area contributed by atoms with Crippen LogP contribution in [-0.2, 0) is 4.79 Å². The first-order chi connectivity index (χ1) is 8.41. The fraction of sp³-hybridized carbons (Fsp3) is 0.273. The van der Waals surface area contributed by atoms with Crippen molar-refractivity contribution in [3.8, 4) is 0 Å². The Balaban J connectivity index is 2.58. The van der Waals surface area contributed by atoms with Gasteiger partial charge < -0.3 is 20.8 Å². The first-order valence-corrected chi connectivity index (χ1v) is 5.50. The predicted octanol–water partition coefficient (Wildman–Crippen LogP) is 1.22. The van der Waals surface area contributed by atoms with E-state index in [1.54, 1.807) is 25.1 Å². The molecule has 0 fully saturated rings. The lowest BCUT2D eigenvalue weighted by atomic mass is 10.2. The van der Waals surface area contributed by atoms with Crippen LogP contribution in [0, 0.1) is 6.92 Å². The van der Waals surface area contributed by atoms with Crippen molar-refractivity contribution in [1.82, 2.24) is 5.32 Å². The van der Waals surface area contributed by atoms with E-state index in [-0.39, 0.29) is 6.54 Å². The molecule has 1 unspecified atom stereocenters. The molecule has 2 amide bonds. The molecule has 98 valence electrons. The molecule has 0 aliphatic carbocycles. The van der Waals surface area contributed by atoms with Crippen molar-refractivity contribution in [2.45, 2.75) is 13.0 Å². The number of carbonyl (C=O) groups is 2. The van der Waals surface area contributed by atoms with Gasteiger partial charge in [0.15, 0.2) is 6.10 Å². The van der Waals surface area contributed by atoms with Gasteiger partial charge in [0.05, 0.1) is 17.3 Å². The number of urea groups is 1. The van der Waals surface area contributed by atoms with Crippen LogP contribution in [0.4, 0.5) is 10.5 Å². The molecule has 0 aliphatic heterocycles. The number of rotatable bonds is 4. The van der Waals surface area contributed by atoms with Gasteiger partial charge in [0.1, 0.15) is 0 Å². The Labute approximate surface area is 109 Å². The molecule has 4 N–H and O–H groups in total. The van der Waals surface area contributed by atoms with Gasteiger partial charge in [-0.15, -0.1) is 0 Å². The van der Waals surface area contributed by atoms with E-state index < -0.39 is 18.1 Å². The monoisotopic (exact) mass is 272 g/mol. The highest BCUT2D eigenvalue weighted by molar-refractivity contribution is 6.33. The van der Waals surface area contributed by atoms with E-state index in [1.165, 1.54) is 0 Å². The summed E-state index contributed by atoms with van der Waals surface area (Å²) in [7, 11) is 0. The summed E-state index contributed by atoms with van der Waals surface area (Å²) in [6, 6.07) is 4.50. The number of nitrogens with one attached hydrogen (secondary N) is 2. The molecule has 0 radical (unpaired) electrons. The van der Waals surface area contributed by atoms with Gasteiger partial charge in [-0.1, -0.05) is 23.7 Å². The topological polar surface area (TPSA) is 98.7 Å². The minimum atomic E-state index is -1.64. The van der Waals surface area contributed by atoms with Gasteiger partial charge in [0, 0.05) is 0 Å². The van der Waals surface area contributed by atoms with Gasteiger partial charge in [-0.25, -0.2) is 9.59 Å². The molecule has 0 aliphatic rings. The fourth-order valence-corrected chi connectivity index (χ4v) is 1.49. The minimum absolute atomic E-state index is 0.379. The highest BCUT2D eigenvalue weighted by atomic mass is 35.5. The fourth-order valence-electron chi connectivity index (χ4n) is 1.22. The number of aryl methyl sites for hydroxylation is 1. The average Bonchev–Trinajstić information content (AvgIpc) is 2.30. The van der Waals surface area contributed by atoms with Crippen LogP contribution in [-0.4, -0.2) is 34.9 Å². The first-order valence-electron chi connectivity index (χ1n) is 5.12. The number of halogens is 1. The highest BCUT2D eigenvalue weighted by Crippen LogP contribution is 2.24. The Hall–Kier alpha value is -1.79. The Morgan fingerprint density at radius 3 is 2.67 bits per heavy atom. The van der Waals surface area contributed by atoms with Crippen molar-refractivity contribution >= 4 is 29.3 Å². The van der Waals surface area contributed by atoms with Gasteiger partial charge in [0.25, 0.3) is 0 Å². The quantitative estimate of drug-likeness (QED) is 0.662. The largest absolute Gasteiger partial charge is 0.479 e. The molecule has 0 aromatic heterocycles. The number of aliphatic carboxylic acids is 1. The summed E-state index contributed by atoms with van der Waals surface area (Å²) < 4.78 is 0. The molecule has 18 heavy (non-hydrogen) atoms. The number of carbonyl (C=O) groups excluding carboxylic acids is 1. The molecular formula is C11H13ClN2O4. The second-order valence-electron chi connectivity index (χ2n) is 3.62. The third-order valence-electron chi connectivity index (χ3n) is 2.20. The number of carboxylic acid groups (broad SMARTS) is 1. The molecule has 1 atom stereocenters. The summed E-state index contributed by atoms with van der Waals surface area (Å²) in [5, 5.41) is 22.5. The van der Waals surface area contributed by atoms with Crippen LogP contribution in [0.25, 0.3) is 0 Å². The third kappa shape index (κ3) is 3.90. The standard InChI is InChI=1S/C11H13ClN2O4/c1-6-3-2-4-7(12)9(6)14-11(18)13-5-8(15)10(16)17/h2-4,8,15H,5H2,1H3,(H,16,17)(H2,13,14,18). The lowest BCUT2D eigenvalue weighted by Crippen LogP contribution is -2.38. The van der Waals surface area contributed by atoms with E-state index in [9.17, 15) is 9.59 Å². The lowest BCUT2D eigenvalue weighted by Gasteiger charge is -2.12. The molecule has 1 aromatic rings. The lowest BCUT2D eigenvalue weighted by molar-refractivity contribution is -0.146. The van der Waals surface area contributed by atoms with E-state index in [2.05, 4.69) is 10.6 Å². The number of aliphatic hydroxyl groups is 1. The zero-order chi connectivity index (χ0) is 13.7. The number of carboxylic acids is 1. The zero-order valence-electron chi connectivity index (χ0n) is 9.61. The number of para-hydroxylation sites is 1. The number of amides is 2. The maximum absolute atomic E-state index is 11.5. The highest BCUT2D eigenvalue weighted by Gasteiger charge is 2.14. The van der Waals surface area contributed by atoms with Gasteiger partial charge in [0.2, 0.25) is 0 Å². The summed E-state index contributed by atoms with van der Waals surface area (Å²) in [4.78, 5) is 21.8. The third-order valence-corrected chi connectivity index (χ3v) is 2.52. The number of aliphatic hydroxyl groups excluding tert-OH is 1. The number of hydrogen-bond acceptors (Lipinski definition) is 3. The number of anilines is 1. The maximum atomic E-state index is 11.5. The molecule has 0 spiro atoms. The van der Waals surface area contributed by atoms with Crippen molar-refractivity contribution in [3.05, 3.63) is 28.8 Å². The molecule has 7 heteroatoms. The normalized spacial score (nSPS) is 11.7. The van der Waals surface area contributed by atoms with E-state index in [1.807, 2.05) is 0 Å². The molecule has 0 saturated heterocycles. The first kappa shape index (κ1) is 14.3. The van der Waals surface area contributed by atoms with E-state index >= 15 is 0 Å². The second-order valence-corrected chi connectivity index (χ2v) is 4.03. The smallest absolute Gasteiger partial charge is 0.334 e. The Morgan fingerprint density at radius 2 is 2.11 bits per heavy atom. The summed E-state index contributed by atoms with van der Waals surface area (Å²) in [5.74, 6) is -1.40. The predicted molar refractivity (Wildman–Crippen MR) is 66.9 cm³/mol. The molecule has 0 bridgehead atoms. The van der Waals surface area contributed by atoms with Crippen LogP contribution >= 0.6 is 11.6 Å². The number of hydrogen-bond donors (Lipinski definition) is 4. The molecule has 6 nitrogen and oxygen atoms in total. The summed E-state index contributed by atoms with van der Waals surface area (Å²) in [6.07, 6.45) is -1.64. The molecule has 0 heterocycles. The van der Waals surface area contributed by atoms with Crippen molar-refractivity contribution in [2.24, 2.45) is 0 Å². The van der Waals surface area contributed by atoms with Crippen molar-refractivity contribution in [3.63, 3.8) is 0 Å². The maximum Gasteiger partial charge on any atom is 0.334 e. The SMILES string of the molecule is Cc1cccc(Cl)c1NC(=O)NCC(O)C(=O)O. The van der Waals surface area contributed by atoms with Gasteiger partial charge in [-0.2, -0.15) is 0 Å². The van der Waals surface area contributed by atoms with E-state index in [4.69, 9.17) is 21.8 Å². The summed E-state index contributed by atoms with van der Waals surface area (Å²) in [6.45, 7) is 1.39. The van der Waals surface area contributed by atoms with Crippen LogP contribution in [0.3, 0.4) is 0 Å². The van der Waals surface area contributed by atoms with E-state index in [0.29, 0.717) is 10.7 Å². The summed E-state index contributed by atoms with van der Waals surface area (Å²) >= 11 is 5.90. The Kier molecular flexibility index (Phi) is 4.94. The van der Waals surface area contributed by atoms with Gasteiger partial charge in [-0.05, 0) is 18.6 Å². The zero-order valence-corrected chi connectivity index (χ0v) is 10.4. The number of benzene rings is 1. The van der Waals surface area contributed by atoms with Crippen molar-refractivity contribution < 1.29 is 19.8 Å². The molecule has 0 saturated carbocycles.